The van der Waals surface area contributed by atoms with E-state index in [0.717, 1.165) is 28.2 Å². The first-order chi connectivity index (χ1) is 39.4. The number of imide groups is 1. The smallest absolute Gasteiger partial charge is 0.748 e. The molecule has 3 aliphatic heterocycles. The Morgan fingerprint density at radius 3 is 1.86 bits per heavy atom. The Bertz CT molecular complexity index is 3790. The molecule has 3 heterocycles. The molecule has 454 valence electrons. The third-order valence-corrected chi connectivity index (χ3v) is 19.3. The SMILES string of the molecule is CC1(C)C(=C2CC23C(Oc2ccc(CCC(=O)NCCCOCCOCCOCCCN4C(=O)C=CC4=O)cc2)=C2CCC3C=C2C2=[N+](CCS(=O)(=O)[O-])c3ccc(S(=O)(=O)[O-])cc3C2(C)C)N(CCS(=O)(=O)[O-])c2ccc(S(=O)(=O)[O-])cc21.[Na+].[Na+].[Na+]. The van der Waals surface area contributed by atoms with Crippen LogP contribution in [0.25, 0.3) is 0 Å². The second-order valence-electron chi connectivity index (χ2n) is 22.5. The van der Waals surface area contributed by atoms with E-state index in [1.165, 1.54) is 36.4 Å². The van der Waals surface area contributed by atoms with Crippen LogP contribution in [-0.4, -0.2) is 162 Å². The van der Waals surface area contributed by atoms with Gasteiger partial charge in [-0.15, -0.1) is 0 Å². The summed E-state index contributed by atoms with van der Waals surface area (Å²) in [6.45, 7) is 9.49. The number of hydrogen-bond donors (Lipinski definition) is 1. The van der Waals surface area contributed by atoms with Crippen LogP contribution < -0.4 is 104 Å². The summed E-state index contributed by atoms with van der Waals surface area (Å²) in [6, 6.07) is 14.8. The van der Waals surface area contributed by atoms with E-state index in [-0.39, 0.29) is 132 Å². The number of allylic oxidation sites excluding steroid dienone is 5. The third kappa shape index (κ3) is 16.4. The maximum Gasteiger partial charge on any atom is 1.00 e. The molecule has 2 bridgehead atoms. The van der Waals surface area contributed by atoms with Crippen LogP contribution >= 0.6 is 0 Å². The topological polar surface area (TPSA) is 338 Å². The van der Waals surface area contributed by atoms with Gasteiger partial charge in [0.2, 0.25) is 11.6 Å². The first-order valence-electron chi connectivity index (χ1n) is 27.4. The molecule has 1 spiro atoms. The van der Waals surface area contributed by atoms with Crippen molar-refractivity contribution in [3.63, 3.8) is 0 Å². The van der Waals surface area contributed by atoms with E-state index in [9.17, 15) is 66.3 Å². The van der Waals surface area contributed by atoms with Crippen LogP contribution in [0.3, 0.4) is 0 Å². The number of anilines is 1. The maximum atomic E-state index is 12.9. The number of rotatable bonds is 28. The van der Waals surface area contributed by atoms with E-state index in [1.807, 2.05) is 32.1 Å². The fourth-order valence-electron chi connectivity index (χ4n) is 12.3. The number of nitrogens with zero attached hydrogens (tertiary/aromatic N) is 3. The molecule has 4 aliphatic carbocycles. The Kier molecular flexibility index (Phi) is 24.3. The average Bonchev–Trinajstić information content (AvgIpc) is 1.51. The van der Waals surface area contributed by atoms with Crippen molar-refractivity contribution in [2.45, 2.75) is 93.3 Å². The average molecular weight is 1310 g/mol. The zero-order valence-corrected chi connectivity index (χ0v) is 59.0. The van der Waals surface area contributed by atoms with Crippen molar-refractivity contribution in [3.8, 4) is 5.75 Å². The maximum absolute atomic E-state index is 12.9. The first kappa shape index (κ1) is 73.1. The van der Waals surface area contributed by atoms with Gasteiger partial charge in [0.25, 0.3) is 11.8 Å². The molecule has 10 rings (SSSR count). The van der Waals surface area contributed by atoms with Crippen molar-refractivity contribution >= 4 is 75.3 Å². The summed E-state index contributed by atoms with van der Waals surface area (Å²) in [6.07, 6.45) is 7.53. The predicted octanol–water partition coefficient (Wildman–Crippen LogP) is -5.10. The van der Waals surface area contributed by atoms with Crippen LogP contribution in [0.1, 0.15) is 82.9 Å². The number of carbonyl (C=O) groups is 3. The Morgan fingerprint density at radius 1 is 0.690 bits per heavy atom. The zero-order valence-electron chi connectivity index (χ0n) is 49.7. The first-order valence-corrected chi connectivity index (χ1v) is 33.4. The molecule has 7 aliphatic rings. The van der Waals surface area contributed by atoms with E-state index < -0.39 is 78.0 Å². The van der Waals surface area contributed by atoms with E-state index in [2.05, 4.69) is 5.32 Å². The summed E-state index contributed by atoms with van der Waals surface area (Å²) >= 11 is 0. The standard InChI is InChI=1S/C57H68N4O19S4.3Na/c1-55(2)44-34-40(83(71,72)73)13-16-47(44)59(23-31-81(65,66)67)52(55)43-33-38-10-15-42(43)54(57(38)36-46(57)53-56(3,4)45-35-41(84(74,75)76)14-17-48(45)60(53)24-32-82(68,69)70)80-39-11-7-37(8-12-39)9-18-49(62)58-21-5-25-77-27-29-79-30-28-78-26-6-22-61-50(63)19-20-51(61)64;;;/h7-8,11-14,16-17,19-20,33-35,38H,5-6,9-10,15,18,21-32,36H2,1-4H3,(H4-,58,62,65,66,67,68,69,70,71,72,73,74,75,76);;;/q;3*+1/p-3. The molecular formula is C57H65N4Na3O19S4. The Labute approximate surface area is 574 Å². The van der Waals surface area contributed by atoms with Crippen LogP contribution in [0.15, 0.2) is 117 Å². The number of nitrogens with one attached hydrogen (secondary N) is 1. The number of ether oxygens (including phenoxy) is 4. The van der Waals surface area contributed by atoms with Crippen molar-refractivity contribution in [2.24, 2.45) is 11.3 Å². The van der Waals surface area contributed by atoms with Crippen LogP contribution in [0, 0.1) is 11.3 Å². The summed E-state index contributed by atoms with van der Waals surface area (Å²) in [5.41, 5.74) is 2.60. The van der Waals surface area contributed by atoms with Gasteiger partial charge in [0.15, 0.2) is 12.3 Å². The van der Waals surface area contributed by atoms with Gasteiger partial charge in [-0.05, 0) is 117 Å². The van der Waals surface area contributed by atoms with E-state index in [0.29, 0.717) is 148 Å². The van der Waals surface area contributed by atoms with Gasteiger partial charge in [0, 0.05) is 91.0 Å². The predicted molar refractivity (Wildman–Crippen MR) is 299 cm³/mol. The zero-order chi connectivity index (χ0) is 60.8. The minimum atomic E-state index is -4.94. The van der Waals surface area contributed by atoms with Crippen molar-refractivity contribution in [1.82, 2.24) is 10.2 Å². The number of amides is 3. The molecule has 0 aromatic heterocycles. The molecule has 2 atom stereocenters. The van der Waals surface area contributed by atoms with Crippen molar-refractivity contribution < 1.29 is 178 Å². The van der Waals surface area contributed by atoms with Crippen LogP contribution in [0.5, 0.6) is 5.75 Å². The summed E-state index contributed by atoms with van der Waals surface area (Å²) in [4.78, 5) is 38.0. The molecule has 3 amide bonds. The van der Waals surface area contributed by atoms with Gasteiger partial charge >= 0.3 is 88.7 Å². The van der Waals surface area contributed by atoms with Crippen molar-refractivity contribution in [1.29, 1.82) is 0 Å². The van der Waals surface area contributed by atoms with E-state index in [1.54, 1.807) is 35.5 Å². The molecule has 30 heteroatoms. The fourth-order valence-corrected chi connectivity index (χ4v) is 14.1. The molecule has 0 saturated heterocycles. The summed E-state index contributed by atoms with van der Waals surface area (Å²) in [7, 11) is -19.4. The fraction of sp³-hybridized carbons (Fsp3) is 0.474. The Balaban J connectivity index is 0.00000403. The van der Waals surface area contributed by atoms with Crippen LogP contribution in [0.2, 0.25) is 0 Å². The quantitative estimate of drug-likeness (QED) is 0.0234. The minimum absolute atomic E-state index is 0. The summed E-state index contributed by atoms with van der Waals surface area (Å²) < 4.78 is 173. The number of carbonyl (C=O) groups excluding carboxylic acids is 3. The van der Waals surface area contributed by atoms with Gasteiger partial charge in [-0.3, -0.25) is 19.3 Å². The third-order valence-electron chi connectivity index (χ3n) is 16.3. The molecule has 3 aromatic carbocycles. The molecule has 1 N–H and O–H groups in total. The second-order valence-corrected chi connectivity index (χ2v) is 28.3. The molecule has 1 saturated carbocycles. The monoisotopic (exact) mass is 1310 g/mol. The molecule has 1 fully saturated rings. The van der Waals surface area contributed by atoms with E-state index in [4.69, 9.17) is 18.9 Å². The molecule has 23 nitrogen and oxygen atoms in total. The summed E-state index contributed by atoms with van der Waals surface area (Å²) in [5, 5.41) is 2.91. The van der Waals surface area contributed by atoms with Crippen LogP contribution in [0.4, 0.5) is 11.4 Å². The van der Waals surface area contributed by atoms with Crippen molar-refractivity contribution in [2.75, 3.05) is 82.2 Å². The molecule has 2 unspecified atom stereocenters. The number of benzene rings is 3. The van der Waals surface area contributed by atoms with Gasteiger partial charge in [-0.1, -0.05) is 32.1 Å². The molecule has 87 heavy (non-hydrogen) atoms. The van der Waals surface area contributed by atoms with Gasteiger partial charge in [0.1, 0.15) is 41.9 Å². The minimum Gasteiger partial charge on any atom is -0.748 e. The molecule has 3 aromatic rings. The number of hydrogen-bond acceptors (Lipinski definition) is 20. The molecule has 0 radical (unpaired) electrons. The van der Waals surface area contributed by atoms with Gasteiger partial charge in [0.05, 0.1) is 68.7 Å². The Hall–Kier alpha value is -2.98. The Morgan fingerprint density at radius 2 is 1.26 bits per heavy atom. The van der Waals surface area contributed by atoms with Crippen LogP contribution in [-0.2, 0) is 86.3 Å². The van der Waals surface area contributed by atoms with Crippen molar-refractivity contribution in [3.05, 3.63) is 124 Å². The van der Waals surface area contributed by atoms with Gasteiger partial charge in [-0.2, -0.15) is 4.58 Å². The summed E-state index contributed by atoms with van der Waals surface area (Å²) in [5.74, 6) is -1.91. The largest absolute Gasteiger partial charge is 1.00 e. The normalized spacial score (nSPS) is 20.7. The van der Waals surface area contributed by atoms with Gasteiger partial charge in [-0.25, -0.2) is 33.7 Å². The van der Waals surface area contributed by atoms with Gasteiger partial charge < -0.3 is 47.4 Å². The van der Waals surface area contributed by atoms with E-state index >= 15 is 0 Å². The molecular weight excluding hydrogens is 1240 g/mol. The number of fused-ring (bicyclic) bond motifs is 3. The second kappa shape index (κ2) is 28.9. The number of aryl methyl sites for hydroxylation is 1.